The highest BCUT2D eigenvalue weighted by molar-refractivity contribution is 5.63. The first-order valence-corrected chi connectivity index (χ1v) is 10.9. The molecule has 0 spiro atoms. The average Bonchev–Trinajstić information content (AvgIpc) is 3.18. The summed E-state index contributed by atoms with van der Waals surface area (Å²) in [7, 11) is 2.23. The Morgan fingerprint density at radius 2 is 1.76 bits per heavy atom. The number of hydrogen-bond donors (Lipinski definition) is 0. The molecule has 0 aliphatic carbocycles. The summed E-state index contributed by atoms with van der Waals surface area (Å²) >= 11 is 0. The Morgan fingerprint density at radius 1 is 0.966 bits per heavy atom. The largest absolute Gasteiger partial charge is 0.306 e. The van der Waals surface area contributed by atoms with Crippen molar-refractivity contribution in [2.24, 2.45) is 0 Å². The van der Waals surface area contributed by atoms with Gasteiger partial charge in [0.05, 0.1) is 12.2 Å². The fourth-order valence-corrected chi connectivity index (χ4v) is 4.46. The highest BCUT2D eigenvalue weighted by Gasteiger charge is 2.19. The van der Waals surface area contributed by atoms with E-state index in [9.17, 15) is 0 Å². The Bertz CT molecular complexity index is 977. The van der Waals surface area contributed by atoms with Crippen molar-refractivity contribution in [3.63, 3.8) is 0 Å². The number of aryl methyl sites for hydroxylation is 3. The van der Waals surface area contributed by atoms with Crippen LogP contribution in [0.25, 0.3) is 11.3 Å². The van der Waals surface area contributed by atoms with Crippen LogP contribution in [0.2, 0.25) is 0 Å². The fraction of sp³-hybridized carbons (Fsp3) is 0.423. The summed E-state index contributed by atoms with van der Waals surface area (Å²) in [5.41, 5.74) is 9.21. The van der Waals surface area contributed by atoms with Crippen LogP contribution in [0.1, 0.15) is 53.5 Å². The first-order chi connectivity index (χ1) is 14.0. The van der Waals surface area contributed by atoms with Crippen molar-refractivity contribution in [1.82, 2.24) is 14.7 Å². The van der Waals surface area contributed by atoms with Crippen LogP contribution in [-0.2, 0) is 13.0 Å². The molecule has 0 atom stereocenters. The molecule has 0 saturated carbocycles. The normalized spacial score (nSPS) is 15.7. The van der Waals surface area contributed by atoms with E-state index in [0.717, 1.165) is 18.7 Å². The van der Waals surface area contributed by atoms with Gasteiger partial charge >= 0.3 is 0 Å². The van der Waals surface area contributed by atoms with Crippen molar-refractivity contribution < 1.29 is 0 Å². The van der Waals surface area contributed by atoms with Gasteiger partial charge < -0.3 is 4.90 Å². The lowest BCUT2D eigenvalue weighted by atomic mass is 9.88. The predicted octanol–water partition coefficient (Wildman–Crippen LogP) is 5.59. The molecule has 0 bridgehead atoms. The van der Waals surface area contributed by atoms with Crippen LogP contribution in [0.3, 0.4) is 0 Å². The number of nitrogens with zero attached hydrogens (tertiary/aromatic N) is 3. The molecular formula is C26H33N3. The summed E-state index contributed by atoms with van der Waals surface area (Å²) in [6, 6.07) is 15.9. The Labute approximate surface area is 175 Å². The van der Waals surface area contributed by atoms with Crippen molar-refractivity contribution in [3.05, 3.63) is 76.5 Å². The van der Waals surface area contributed by atoms with Crippen LogP contribution in [0.15, 0.2) is 48.7 Å². The van der Waals surface area contributed by atoms with Gasteiger partial charge in [-0.2, -0.15) is 5.10 Å². The molecule has 4 rings (SSSR count). The average molecular weight is 388 g/mol. The zero-order valence-corrected chi connectivity index (χ0v) is 18.3. The van der Waals surface area contributed by atoms with Crippen molar-refractivity contribution in [2.75, 3.05) is 20.1 Å². The molecular weight excluding hydrogens is 354 g/mol. The molecule has 3 heteroatoms. The van der Waals surface area contributed by atoms with E-state index in [-0.39, 0.29) is 0 Å². The zero-order valence-electron chi connectivity index (χ0n) is 18.3. The Kier molecular flexibility index (Phi) is 5.86. The van der Waals surface area contributed by atoms with Gasteiger partial charge in [0, 0.05) is 11.8 Å². The minimum Gasteiger partial charge on any atom is -0.306 e. The molecule has 1 saturated heterocycles. The fourth-order valence-electron chi connectivity index (χ4n) is 4.46. The van der Waals surface area contributed by atoms with Crippen molar-refractivity contribution in [1.29, 1.82) is 0 Å². The second kappa shape index (κ2) is 8.54. The van der Waals surface area contributed by atoms with Gasteiger partial charge in [0.1, 0.15) is 0 Å². The van der Waals surface area contributed by atoms with Gasteiger partial charge in [0.25, 0.3) is 0 Å². The predicted molar refractivity (Wildman–Crippen MR) is 122 cm³/mol. The van der Waals surface area contributed by atoms with Gasteiger partial charge in [-0.05, 0) is 93.0 Å². The lowest BCUT2D eigenvalue weighted by molar-refractivity contribution is 0.255. The molecule has 0 unspecified atom stereocenters. The second-order valence-corrected chi connectivity index (χ2v) is 8.66. The maximum Gasteiger partial charge on any atom is 0.0925 e. The summed E-state index contributed by atoms with van der Waals surface area (Å²) in [5.74, 6) is 0.693. The molecule has 1 fully saturated rings. The van der Waals surface area contributed by atoms with E-state index >= 15 is 0 Å². The van der Waals surface area contributed by atoms with Gasteiger partial charge in [-0.25, -0.2) is 0 Å². The minimum absolute atomic E-state index is 0.693. The summed E-state index contributed by atoms with van der Waals surface area (Å²) in [5, 5.41) is 4.90. The smallest absolute Gasteiger partial charge is 0.0925 e. The zero-order chi connectivity index (χ0) is 20.4. The van der Waals surface area contributed by atoms with Crippen LogP contribution < -0.4 is 0 Å². The van der Waals surface area contributed by atoms with Crippen molar-refractivity contribution in [3.8, 4) is 11.3 Å². The first kappa shape index (κ1) is 19.9. The van der Waals surface area contributed by atoms with E-state index in [4.69, 9.17) is 5.10 Å². The number of piperidine rings is 1. The molecule has 0 amide bonds. The van der Waals surface area contributed by atoms with Crippen LogP contribution >= 0.6 is 0 Å². The van der Waals surface area contributed by atoms with Crippen molar-refractivity contribution in [2.45, 2.75) is 52.5 Å². The number of hydrogen-bond acceptors (Lipinski definition) is 2. The third-order valence-corrected chi connectivity index (χ3v) is 6.51. The van der Waals surface area contributed by atoms with Gasteiger partial charge in [-0.3, -0.25) is 4.68 Å². The second-order valence-electron chi connectivity index (χ2n) is 8.66. The quantitative estimate of drug-likeness (QED) is 0.569. The van der Waals surface area contributed by atoms with E-state index in [1.165, 1.54) is 59.3 Å². The van der Waals surface area contributed by atoms with Crippen LogP contribution in [-0.4, -0.2) is 34.8 Å². The van der Waals surface area contributed by atoms with E-state index in [1.807, 2.05) is 0 Å². The Morgan fingerprint density at radius 3 is 2.48 bits per heavy atom. The Hall–Kier alpha value is -2.39. The van der Waals surface area contributed by atoms with Gasteiger partial charge in [-0.15, -0.1) is 0 Å². The highest BCUT2D eigenvalue weighted by atomic mass is 15.3. The molecule has 3 aromatic rings. The molecule has 152 valence electrons. The maximum absolute atomic E-state index is 4.90. The summed E-state index contributed by atoms with van der Waals surface area (Å²) in [6.07, 6.45) is 5.71. The molecule has 1 aliphatic rings. The number of rotatable bonds is 5. The van der Waals surface area contributed by atoms with Crippen molar-refractivity contribution >= 4 is 0 Å². The minimum atomic E-state index is 0.693. The number of aromatic nitrogens is 2. The summed E-state index contributed by atoms with van der Waals surface area (Å²) in [6.45, 7) is 9.83. The SMILES string of the molecule is CCc1ccc(-c2ccn(Cc3cc(C4CCN(C)CC4)ccc3C)n2)c(C)c1. The van der Waals surface area contributed by atoms with E-state index in [0.29, 0.717) is 5.92 Å². The number of likely N-dealkylation sites (tertiary alicyclic amines) is 1. The van der Waals surface area contributed by atoms with Gasteiger partial charge in [0.2, 0.25) is 0 Å². The lowest BCUT2D eigenvalue weighted by Crippen LogP contribution is -2.29. The summed E-state index contributed by atoms with van der Waals surface area (Å²) < 4.78 is 2.09. The van der Waals surface area contributed by atoms with E-state index < -0.39 is 0 Å². The standard InChI is InChI=1S/C26H33N3/c1-5-21-7-9-25(20(3)16-21)26-12-15-29(27-26)18-24-17-23(8-6-19(24)2)22-10-13-28(4)14-11-22/h6-9,12,15-17,22H,5,10-11,13-14,18H2,1-4H3. The van der Waals surface area contributed by atoms with E-state index in [2.05, 4.69) is 86.1 Å². The number of benzene rings is 2. The molecule has 29 heavy (non-hydrogen) atoms. The monoisotopic (exact) mass is 387 g/mol. The van der Waals surface area contributed by atoms with Gasteiger partial charge in [-0.1, -0.05) is 43.3 Å². The van der Waals surface area contributed by atoms with E-state index in [1.54, 1.807) is 0 Å². The van der Waals surface area contributed by atoms with Gasteiger partial charge in [0.15, 0.2) is 0 Å². The molecule has 1 aromatic heterocycles. The van der Waals surface area contributed by atoms with Crippen LogP contribution in [0, 0.1) is 13.8 Å². The van der Waals surface area contributed by atoms with Crippen LogP contribution in [0.4, 0.5) is 0 Å². The maximum atomic E-state index is 4.90. The first-order valence-electron chi connectivity index (χ1n) is 10.9. The molecule has 0 radical (unpaired) electrons. The summed E-state index contributed by atoms with van der Waals surface area (Å²) in [4.78, 5) is 2.44. The van der Waals surface area contributed by atoms with Crippen LogP contribution in [0.5, 0.6) is 0 Å². The Balaban J connectivity index is 1.53. The highest BCUT2D eigenvalue weighted by Crippen LogP contribution is 2.29. The molecule has 0 N–H and O–H groups in total. The molecule has 1 aliphatic heterocycles. The third kappa shape index (κ3) is 4.45. The molecule has 2 heterocycles. The topological polar surface area (TPSA) is 21.1 Å². The molecule has 2 aromatic carbocycles. The lowest BCUT2D eigenvalue weighted by Gasteiger charge is -2.29. The molecule has 3 nitrogen and oxygen atoms in total. The third-order valence-electron chi connectivity index (χ3n) is 6.51.